The summed E-state index contributed by atoms with van der Waals surface area (Å²) in [6.07, 6.45) is 2.91. The van der Waals surface area contributed by atoms with E-state index >= 15 is 0 Å². The van der Waals surface area contributed by atoms with Crippen molar-refractivity contribution in [2.45, 2.75) is 33.2 Å². The molecular weight excluding hydrogens is 278 g/mol. The molecule has 0 saturated heterocycles. The average molecular weight is 301 g/mol. The summed E-state index contributed by atoms with van der Waals surface area (Å²) >= 11 is 5.22. The molecule has 0 bridgehead atoms. The second kappa shape index (κ2) is 6.39. The number of pyridine rings is 1. The van der Waals surface area contributed by atoms with Crippen molar-refractivity contribution in [1.82, 2.24) is 4.98 Å². The maximum absolute atomic E-state index is 5.91. The molecule has 4 heteroatoms. The fourth-order valence-electron chi connectivity index (χ4n) is 2.75. The highest BCUT2D eigenvalue weighted by molar-refractivity contribution is 7.80. The van der Waals surface area contributed by atoms with Gasteiger partial charge in [-0.25, -0.2) is 0 Å². The van der Waals surface area contributed by atoms with Gasteiger partial charge in [0.25, 0.3) is 0 Å². The molecule has 0 fully saturated rings. The third-order valence-electron chi connectivity index (χ3n) is 3.84. The number of anilines is 1. The van der Waals surface area contributed by atoms with Crippen molar-refractivity contribution >= 4 is 33.8 Å². The normalized spacial score (nSPS) is 12.6. The largest absolute Gasteiger partial charge is 0.389 e. The highest BCUT2D eigenvalue weighted by Gasteiger charge is 2.19. The number of aromatic nitrogens is 1. The van der Waals surface area contributed by atoms with Crippen LogP contribution in [0, 0.1) is 5.92 Å². The van der Waals surface area contributed by atoms with Crippen LogP contribution in [-0.2, 0) is 0 Å². The minimum Gasteiger partial charge on any atom is -0.389 e. The lowest BCUT2D eigenvalue weighted by atomic mass is 10.0. The first-order valence-electron chi connectivity index (χ1n) is 7.32. The maximum atomic E-state index is 5.91. The van der Waals surface area contributed by atoms with Gasteiger partial charge in [0.1, 0.15) is 4.99 Å². The summed E-state index contributed by atoms with van der Waals surface area (Å²) in [6, 6.07) is 8.53. The van der Waals surface area contributed by atoms with Crippen LogP contribution in [0.25, 0.3) is 10.9 Å². The summed E-state index contributed by atoms with van der Waals surface area (Å²) < 4.78 is 0. The Labute approximate surface area is 132 Å². The number of rotatable bonds is 5. The van der Waals surface area contributed by atoms with E-state index in [0.717, 1.165) is 28.6 Å². The van der Waals surface area contributed by atoms with Crippen molar-refractivity contribution in [2.24, 2.45) is 11.7 Å². The maximum Gasteiger partial charge on any atom is 0.107 e. The van der Waals surface area contributed by atoms with E-state index in [-0.39, 0.29) is 0 Å². The summed E-state index contributed by atoms with van der Waals surface area (Å²) in [5.74, 6) is 0.642. The Morgan fingerprint density at radius 1 is 1.29 bits per heavy atom. The molecule has 112 valence electrons. The Morgan fingerprint density at radius 3 is 2.57 bits per heavy atom. The summed E-state index contributed by atoms with van der Waals surface area (Å²) in [5, 5.41) is 1.10. The summed E-state index contributed by atoms with van der Waals surface area (Å²) in [7, 11) is 2.11. The average Bonchev–Trinajstić information content (AvgIpc) is 2.44. The molecule has 2 rings (SSSR count). The van der Waals surface area contributed by atoms with E-state index in [1.54, 1.807) is 6.20 Å². The van der Waals surface area contributed by atoms with Crippen molar-refractivity contribution in [2.75, 3.05) is 11.9 Å². The molecule has 2 N–H and O–H groups in total. The molecule has 0 aliphatic carbocycles. The van der Waals surface area contributed by atoms with E-state index in [4.69, 9.17) is 18.0 Å². The van der Waals surface area contributed by atoms with Crippen molar-refractivity contribution in [3.63, 3.8) is 0 Å². The molecule has 1 unspecified atom stereocenters. The number of nitrogens with zero attached hydrogens (tertiary/aromatic N) is 2. The van der Waals surface area contributed by atoms with E-state index in [9.17, 15) is 0 Å². The third-order valence-corrected chi connectivity index (χ3v) is 4.06. The molecule has 0 radical (unpaired) electrons. The Hall–Kier alpha value is -1.68. The van der Waals surface area contributed by atoms with Gasteiger partial charge >= 0.3 is 0 Å². The number of fused-ring (bicyclic) bond motifs is 1. The second-order valence-corrected chi connectivity index (χ2v) is 6.43. The lowest BCUT2D eigenvalue weighted by Gasteiger charge is -2.31. The first kappa shape index (κ1) is 15.7. The highest BCUT2D eigenvalue weighted by atomic mass is 32.1. The van der Waals surface area contributed by atoms with Crippen molar-refractivity contribution < 1.29 is 0 Å². The molecule has 21 heavy (non-hydrogen) atoms. The SMILES string of the molecule is CC(C)CC(C)N(C)c1c(C(N)=S)cnc2ccccc12. The van der Waals surface area contributed by atoms with Crippen LogP contribution in [-0.4, -0.2) is 23.1 Å². The van der Waals surface area contributed by atoms with Gasteiger partial charge in [-0.1, -0.05) is 44.3 Å². The van der Waals surface area contributed by atoms with Gasteiger partial charge in [0.2, 0.25) is 0 Å². The van der Waals surface area contributed by atoms with Gasteiger partial charge in [-0.05, 0) is 25.3 Å². The van der Waals surface area contributed by atoms with E-state index < -0.39 is 0 Å². The molecule has 0 aliphatic rings. The predicted molar refractivity (Wildman–Crippen MR) is 95.0 cm³/mol. The van der Waals surface area contributed by atoms with Gasteiger partial charge in [-0.15, -0.1) is 0 Å². The van der Waals surface area contributed by atoms with Crippen molar-refractivity contribution in [3.8, 4) is 0 Å². The molecule has 1 aromatic carbocycles. The van der Waals surface area contributed by atoms with Crippen LogP contribution in [0.1, 0.15) is 32.8 Å². The molecule has 1 aromatic heterocycles. The molecule has 1 heterocycles. The van der Waals surface area contributed by atoms with Crippen LogP contribution >= 0.6 is 12.2 Å². The van der Waals surface area contributed by atoms with Crippen LogP contribution in [0.4, 0.5) is 5.69 Å². The van der Waals surface area contributed by atoms with Crippen molar-refractivity contribution in [3.05, 3.63) is 36.0 Å². The molecule has 3 nitrogen and oxygen atoms in total. The van der Waals surface area contributed by atoms with Crippen LogP contribution in [0.15, 0.2) is 30.5 Å². The molecule has 2 aromatic rings. The Morgan fingerprint density at radius 2 is 1.95 bits per heavy atom. The molecule has 0 amide bonds. The second-order valence-electron chi connectivity index (χ2n) is 5.99. The first-order chi connectivity index (χ1) is 9.91. The van der Waals surface area contributed by atoms with Crippen LogP contribution in [0.2, 0.25) is 0 Å². The number of benzene rings is 1. The van der Waals surface area contributed by atoms with E-state index in [1.807, 2.05) is 18.2 Å². The van der Waals surface area contributed by atoms with E-state index in [2.05, 4.69) is 43.8 Å². The van der Waals surface area contributed by atoms with Gasteiger partial charge in [-0.2, -0.15) is 0 Å². The number of hydrogen-bond donors (Lipinski definition) is 1. The standard InChI is InChI=1S/C17H23N3S/c1-11(2)9-12(3)20(4)16-13-7-5-6-8-15(13)19-10-14(16)17(18)21/h5-8,10-12H,9H2,1-4H3,(H2,18,21). The quantitative estimate of drug-likeness (QED) is 0.854. The lowest BCUT2D eigenvalue weighted by Crippen LogP contribution is -2.32. The monoisotopic (exact) mass is 301 g/mol. The Bertz CT molecular complexity index is 652. The molecule has 0 saturated carbocycles. The smallest absolute Gasteiger partial charge is 0.107 e. The summed E-state index contributed by atoms with van der Waals surface area (Å²) in [5.41, 5.74) is 8.81. The third kappa shape index (κ3) is 3.32. The Kier molecular flexibility index (Phi) is 4.78. The molecule has 0 spiro atoms. The minimum absolute atomic E-state index is 0.395. The van der Waals surface area contributed by atoms with Crippen LogP contribution in [0.3, 0.4) is 0 Å². The van der Waals surface area contributed by atoms with E-state index in [0.29, 0.717) is 16.9 Å². The zero-order valence-corrected chi connectivity index (χ0v) is 13.9. The minimum atomic E-state index is 0.395. The summed E-state index contributed by atoms with van der Waals surface area (Å²) in [6.45, 7) is 6.71. The molecule has 1 atom stereocenters. The van der Waals surface area contributed by atoms with Gasteiger partial charge < -0.3 is 10.6 Å². The molecular formula is C17H23N3S. The van der Waals surface area contributed by atoms with Crippen LogP contribution in [0.5, 0.6) is 0 Å². The zero-order valence-electron chi connectivity index (χ0n) is 13.1. The van der Waals surface area contributed by atoms with Gasteiger partial charge in [0, 0.05) is 24.7 Å². The van der Waals surface area contributed by atoms with E-state index in [1.165, 1.54) is 0 Å². The zero-order chi connectivity index (χ0) is 15.6. The summed E-state index contributed by atoms with van der Waals surface area (Å²) in [4.78, 5) is 7.14. The van der Waals surface area contributed by atoms with Gasteiger partial charge in [0.05, 0.1) is 16.8 Å². The first-order valence-corrected chi connectivity index (χ1v) is 7.73. The highest BCUT2D eigenvalue weighted by Crippen LogP contribution is 2.31. The number of hydrogen-bond acceptors (Lipinski definition) is 3. The van der Waals surface area contributed by atoms with Crippen LogP contribution < -0.4 is 10.6 Å². The fourth-order valence-corrected chi connectivity index (χ4v) is 2.90. The van der Waals surface area contributed by atoms with Crippen molar-refractivity contribution in [1.29, 1.82) is 0 Å². The van der Waals surface area contributed by atoms with Gasteiger partial charge in [-0.3, -0.25) is 4.98 Å². The fraction of sp³-hybridized carbons (Fsp3) is 0.412. The number of para-hydroxylation sites is 1. The Balaban J connectivity index is 2.58. The number of nitrogens with two attached hydrogens (primary N) is 1. The van der Waals surface area contributed by atoms with Gasteiger partial charge in [0.15, 0.2) is 0 Å². The topological polar surface area (TPSA) is 42.1 Å². The lowest BCUT2D eigenvalue weighted by molar-refractivity contribution is 0.504. The molecule has 0 aliphatic heterocycles. The predicted octanol–water partition coefficient (Wildman–Crippen LogP) is 3.74. The number of thiocarbonyl (C=S) groups is 1.